The Balaban J connectivity index is 1.44. The number of para-hydroxylation sites is 1. The van der Waals surface area contributed by atoms with Gasteiger partial charge in [-0.2, -0.15) is 0 Å². The minimum atomic E-state index is -0.0250. The number of hydrogen-bond acceptors (Lipinski definition) is 5. The topological polar surface area (TPSA) is 54.0 Å². The minimum absolute atomic E-state index is 0.0250. The highest BCUT2D eigenvalue weighted by Gasteiger charge is 2.29. The first-order valence-corrected chi connectivity index (χ1v) is 11.1. The number of fused-ring (bicyclic) bond motifs is 1. The van der Waals surface area contributed by atoms with Crippen molar-refractivity contribution in [1.29, 1.82) is 0 Å². The SMILES string of the molecule is COc1cc2c(cc1OC)CN(C1CCCN(Cc3ccccc3NC(C)=O)C1)CC2. The molecule has 4 rings (SSSR count). The summed E-state index contributed by atoms with van der Waals surface area (Å²) >= 11 is 0. The lowest BCUT2D eigenvalue weighted by atomic mass is 9.95. The van der Waals surface area contributed by atoms with Crippen molar-refractivity contribution in [3.05, 3.63) is 53.1 Å². The van der Waals surface area contributed by atoms with E-state index in [1.54, 1.807) is 21.1 Å². The number of methoxy groups -OCH3 is 2. The first-order chi connectivity index (χ1) is 15.1. The van der Waals surface area contributed by atoms with E-state index in [-0.39, 0.29) is 5.91 Å². The van der Waals surface area contributed by atoms with Crippen LogP contribution in [0.3, 0.4) is 0 Å². The zero-order valence-electron chi connectivity index (χ0n) is 18.8. The van der Waals surface area contributed by atoms with Gasteiger partial charge in [-0.05, 0) is 60.7 Å². The molecule has 0 radical (unpaired) electrons. The number of anilines is 1. The number of carbonyl (C=O) groups is 1. The van der Waals surface area contributed by atoms with E-state index < -0.39 is 0 Å². The lowest BCUT2D eigenvalue weighted by molar-refractivity contribution is -0.114. The third-order valence-corrected chi connectivity index (χ3v) is 6.47. The fourth-order valence-electron chi connectivity index (χ4n) is 4.90. The van der Waals surface area contributed by atoms with E-state index in [0.29, 0.717) is 6.04 Å². The number of nitrogens with zero attached hydrogens (tertiary/aromatic N) is 2. The third kappa shape index (κ3) is 5.02. The second-order valence-electron chi connectivity index (χ2n) is 8.57. The van der Waals surface area contributed by atoms with E-state index in [1.165, 1.54) is 29.5 Å². The number of piperidine rings is 1. The number of ether oxygens (including phenoxy) is 2. The van der Waals surface area contributed by atoms with E-state index >= 15 is 0 Å². The maximum absolute atomic E-state index is 11.6. The normalized spacial score (nSPS) is 19.5. The summed E-state index contributed by atoms with van der Waals surface area (Å²) in [5.41, 5.74) is 4.81. The van der Waals surface area contributed by atoms with Gasteiger partial charge < -0.3 is 14.8 Å². The molecule has 2 heterocycles. The van der Waals surface area contributed by atoms with Crippen LogP contribution < -0.4 is 14.8 Å². The van der Waals surface area contributed by atoms with Crippen LogP contribution in [0.5, 0.6) is 11.5 Å². The monoisotopic (exact) mass is 423 g/mol. The van der Waals surface area contributed by atoms with Gasteiger partial charge >= 0.3 is 0 Å². The Hall–Kier alpha value is -2.57. The molecule has 2 aromatic carbocycles. The Morgan fingerprint density at radius 3 is 2.58 bits per heavy atom. The molecule has 0 saturated carbocycles. The van der Waals surface area contributed by atoms with Gasteiger partial charge in [-0.3, -0.25) is 14.6 Å². The molecule has 1 amide bonds. The lowest BCUT2D eigenvalue weighted by Crippen LogP contribution is -2.49. The zero-order chi connectivity index (χ0) is 21.8. The molecule has 1 atom stereocenters. The third-order valence-electron chi connectivity index (χ3n) is 6.47. The first-order valence-electron chi connectivity index (χ1n) is 11.1. The highest BCUT2D eigenvalue weighted by Crippen LogP contribution is 2.34. The predicted octanol–water partition coefficient (Wildman–Crippen LogP) is 3.68. The van der Waals surface area contributed by atoms with E-state index in [4.69, 9.17) is 9.47 Å². The fourth-order valence-corrected chi connectivity index (χ4v) is 4.90. The van der Waals surface area contributed by atoms with Crippen molar-refractivity contribution < 1.29 is 14.3 Å². The first kappa shape index (κ1) is 21.7. The van der Waals surface area contributed by atoms with Gasteiger partial charge in [-0.25, -0.2) is 0 Å². The molecule has 1 fully saturated rings. The molecule has 2 aromatic rings. The summed E-state index contributed by atoms with van der Waals surface area (Å²) < 4.78 is 11.0. The van der Waals surface area contributed by atoms with Crippen LogP contribution in [0, 0.1) is 0 Å². The summed E-state index contributed by atoms with van der Waals surface area (Å²) in [6.45, 7) is 6.60. The number of likely N-dealkylation sites (tertiary alicyclic amines) is 1. The summed E-state index contributed by atoms with van der Waals surface area (Å²) in [5, 5.41) is 2.97. The maximum atomic E-state index is 11.6. The van der Waals surface area contributed by atoms with Crippen LogP contribution >= 0.6 is 0 Å². The predicted molar refractivity (Wildman–Crippen MR) is 123 cm³/mol. The summed E-state index contributed by atoms with van der Waals surface area (Å²) in [6.07, 6.45) is 3.46. The molecular weight excluding hydrogens is 390 g/mol. The molecule has 31 heavy (non-hydrogen) atoms. The quantitative estimate of drug-likeness (QED) is 0.768. The fraction of sp³-hybridized carbons (Fsp3) is 0.480. The van der Waals surface area contributed by atoms with Gasteiger partial charge in [0, 0.05) is 44.8 Å². The maximum Gasteiger partial charge on any atom is 0.221 e. The number of benzene rings is 2. The van der Waals surface area contributed by atoms with E-state index in [9.17, 15) is 4.79 Å². The van der Waals surface area contributed by atoms with Crippen molar-refractivity contribution in [2.24, 2.45) is 0 Å². The highest BCUT2D eigenvalue weighted by molar-refractivity contribution is 5.89. The summed E-state index contributed by atoms with van der Waals surface area (Å²) in [4.78, 5) is 16.7. The van der Waals surface area contributed by atoms with Gasteiger partial charge in [0.15, 0.2) is 11.5 Å². The van der Waals surface area contributed by atoms with Gasteiger partial charge in [-0.15, -0.1) is 0 Å². The van der Waals surface area contributed by atoms with E-state index in [2.05, 4.69) is 33.3 Å². The Bertz CT molecular complexity index is 930. The van der Waals surface area contributed by atoms with Crippen LogP contribution in [0.4, 0.5) is 5.69 Å². The molecule has 0 spiro atoms. The average molecular weight is 424 g/mol. The number of hydrogen-bond donors (Lipinski definition) is 1. The largest absolute Gasteiger partial charge is 0.493 e. The minimum Gasteiger partial charge on any atom is -0.493 e. The van der Waals surface area contributed by atoms with Crippen LogP contribution in [0.1, 0.15) is 36.5 Å². The van der Waals surface area contributed by atoms with Crippen LogP contribution in [0.25, 0.3) is 0 Å². The molecule has 0 aliphatic carbocycles. The van der Waals surface area contributed by atoms with E-state index in [1.807, 2.05) is 18.2 Å². The van der Waals surface area contributed by atoms with Gasteiger partial charge in [0.05, 0.1) is 14.2 Å². The molecule has 2 aliphatic heterocycles. The molecule has 0 aromatic heterocycles. The molecule has 1 unspecified atom stereocenters. The van der Waals surface area contributed by atoms with E-state index in [0.717, 1.165) is 56.3 Å². The molecule has 2 aliphatic rings. The van der Waals surface area contributed by atoms with Gasteiger partial charge in [0.2, 0.25) is 5.91 Å². The van der Waals surface area contributed by atoms with Crippen molar-refractivity contribution in [2.45, 2.75) is 45.3 Å². The summed E-state index contributed by atoms with van der Waals surface area (Å²) in [6, 6.07) is 12.9. The average Bonchev–Trinajstić information content (AvgIpc) is 2.79. The Kier molecular flexibility index (Phi) is 6.78. The van der Waals surface area contributed by atoms with Crippen LogP contribution in [0.15, 0.2) is 36.4 Å². The molecule has 1 saturated heterocycles. The summed E-state index contributed by atoms with van der Waals surface area (Å²) in [5.74, 6) is 1.60. The standard InChI is InChI=1S/C25H33N3O3/c1-18(29)26-23-9-5-4-7-20(23)15-27-11-6-8-22(17-27)28-12-10-19-13-24(30-2)25(31-3)14-21(19)16-28/h4-5,7,9,13-14,22H,6,8,10-12,15-17H2,1-3H3,(H,26,29). The molecule has 6 heteroatoms. The van der Waals surface area contributed by atoms with Gasteiger partial charge in [0.1, 0.15) is 0 Å². The van der Waals surface area contributed by atoms with Crippen molar-refractivity contribution in [3.63, 3.8) is 0 Å². The Morgan fingerprint density at radius 1 is 1.10 bits per heavy atom. The number of rotatable bonds is 6. The lowest BCUT2D eigenvalue weighted by Gasteiger charge is -2.41. The van der Waals surface area contributed by atoms with Crippen molar-refractivity contribution in [1.82, 2.24) is 9.80 Å². The number of carbonyl (C=O) groups excluding carboxylic acids is 1. The van der Waals surface area contributed by atoms with Crippen LogP contribution in [-0.4, -0.2) is 55.6 Å². The Labute approximate surface area is 185 Å². The molecule has 166 valence electrons. The second-order valence-corrected chi connectivity index (χ2v) is 8.57. The molecule has 6 nitrogen and oxygen atoms in total. The van der Waals surface area contributed by atoms with Crippen LogP contribution in [-0.2, 0) is 24.3 Å². The number of nitrogens with one attached hydrogen (secondary N) is 1. The smallest absolute Gasteiger partial charge is 0.221 e. The van der Waals surface area contributed by atoms with Crippen LogP contribution in [0.2, 0.25) is 0 Å². The van der Waals surface area contributed by atoms with Crippen molar-refractivity contribution in [3.8, 4) is 11.5 Å². The van der Waals surface area contributed by atoms with Crippen molar-refractivity contribution >= 4 is 11.6 Å². The Morgan fingerprint density at radius 2 is 1.84 bits per heavy atom. The zero-order valence-corrected chi connectivity index (χ0v) is 18.8. The molecule has 0 bridgehead atoms. The highest BCUT2D eigenvalue weighted by atomic mass is 16.5. The molecular formula is C25H33N3O3. The van der Waals surface area contributed by atoms with Crippen molar-refractivity contribution in [2.75, 3.05) is 39.2 Å². The number of amides is 1. The van der Waals surface area contributed by atoms with Gasteiger partial charge in [0.25, 0.3) is 0 Å². The summed E-state index contributed by atoms with van der Waals surface area (Å²) in [7, 11) is 3.39. The second kappa shape index (κ2) is 9.71. The molecule has 1 N–H and O–H groups in total. The van der Waals surface area contributed by atoms with Gasteiger partial charge in [-0.1, -0.05) is 18.2 Å².